The molecule has 0 radical (unpaired) electrons. The minimum absolute atomic E-state index is 0.136. The summed E-state index contributed by atoms with van der Waals surface area (Å²) >= 11 is 7.23. The molecule has 10 N–H and O–H groups in total. The Morgan fingerprint density at radius 3 is 1.39 bits per heavy atom. The van der Waals surface area contributed by atoms with Gasteiger partial charge in [-0.3, -0.25) is 4.90 Å². The molecule has 4 unspecified atom stereocenters. The normalized spacial score (nSPS) is 14.4. The van der Waals surface area contributed by atoms with Gasteiger partial charge in [0.2, 0.25) is 0 Å². The Morgan fingerprint density at radius 2 is 0.939 bits per heavy atom. The molecule has 13 nitrogen and oxygen atoms in total. The molecule has 4 atom stereocenters. The lowest BCUT2D eigenvalue weighted by molar-refractivity contribution is -0.00820. The van der Waals surface area contributed by atoms with Gasteiger partial charge in [-0.15, -0.1) is 0 Å². The quantitative estimate of drug-likeness (QED) is 0.0378. The molecule has 0 saturated carbocycles. The van der Waals surface area contributed by atoms with E-state index in [0.717, 1.165) is 78.3 Å². The van der Waals surface area contributed by atoms with Crippen molar-refractivity contribution in [3.63, 3.8) is 0 Å². The maximum Gasteiger partial charge on any atom is 0.100 e. The van der Waals surface area contributed by atoms with Crippen LogP contribution in [0.1, 0.15) is 25.7 Å². The lowest BCUT2D eigenvalue weighted by Crippen LogP contribution is -2.42. The predicted molar refractivity (Wildman–Crippen MR) is 210 cm³/mol. The number of hydrogen-bond acceptors (Lipinski definition) is 17. The van der Waals surface area contributed by atoms with Crippen LogP contribution in [0.3, 0.4) is 0 Å². The van der Waals surface area contributed by atoms with E-state index in [2.05, 4.69) is 10.2 Å². The van der Waals surface area contributed by atoms with Crippen LogP contribution >= 0.6 is 47.0 Å². The van der Waals surface area contributed by atoms with Crippen LogP contribution in [-0.4, -0.2) is 206 Å². The second-order valence-electron chi connectivity index (χ2n) is 11.5. The van der Waals surface area contributed by atoms with Crippen molar-refractivity contribution in [2.24, 2.45) is 11.5 Å². The Labute approximate surface area is 313 Å². The highest BCUT2D eigenvalue weighted by Gasteiger charge is 2.16. The summed E-state index contributed by atoms with van der Waals surface area (Å²) in [6.45, 7) is 7.28. The molecular weight excluding hydrogens is 713 g/mol. The number of nitrogens with two attached hydrogens (primary N) is 2. The van der Waals surface area contributed by atoms with Crippen molar-refractivity contribution >= 4 is 47.0 Å². The van der Waals surface area contributed by atoms with Gasteiger partial charge in [0.1, 0.15) is 6.10 Å². The first kappa shape index (κ1) is 49.9. The first-order valence-corrected chi connectivity index (χ1v) is 22.3. The highest BCUT2D eigenvalue weighted by atomic mass is 32.2. The van der Waals surface area contributed by atoms with E-state index in [4.69, 9.17) is 35.5 Å². The number of rotatable bonds is 41. The van der Waals surface area contributed by atoms with Crippen molar-refractivity contribution in [1.29, 1.82) is 0 Å². The first-order chi connectivity index (χ1) is 23.9. The van der Waals surface area contributed by atoms with Gasteiger partial charge in [0.05, 0.1) is 51.3 Å². The van der Waals surface area contributed by atoms with E-state index < -0.39 is 24.4 Å². The molecule has 0 spiro atoms. The Hall–Kier alpha value is 0.880. The third-order valence-corrected chi connectivity index (χ3v) is 10.9. The molecule has 0 aliphatic rings. The summed E-state index contributed by atoms with van der Waals surface area (Å²) in [6, 6.07) is 0. The molecule has 0 aromatic heterocycles. The van der Waals surface area contributed by atoms with Crippen molar-refractivity contribution in [3.8, 4) is 0 Å². The molecule has 296 valence electrons. The van der Waals surface area contributed by atoms with Crippen LogP contribution in [0, 0.1) is 0 Å². The highest BCUT2D eigenvalue weighted by Crippen LogP contribution is 2.08. The SMILES string of the molecule is NCCSCCCOCC(O)CNCCSCCCOCC(O)CN(CCSCCCOCC(O)CO)CC(O)COCCCSCCN. The second kappa shape index (κ2) is 40.1. The van der Waals surface area contributed by atoms with Crippen molar-refractivity contribution in [2.45, 2.75) is 50.1 Å². The van der Waals surface area contributed by atoms with E-state index >= 15 is 0 Å². The maximum atomic E-state index is 10.7. The standard InChI is InChI=1S/C32H70N4O9S4/c33-5-17-46-13-1-9-42-25-29(38)21-35-7-19-48-15-3-11-44-27-31(40)23-36(8-20-49-16-4-12-45-28-32(41)24-37)22-30(39)26-43-10-2-14-47-18-6-34/h29-32,35,37-41H,1-28,33-34H2. The van der Waals surface area contributed by atoms with Gasteiger partial charge in [0.15, 0.2) is 0 Å². The Morgan fingerprint density at radius 1 is 0.531 bits per heavy atom. The molecule has 0 aliphatic heterocycles. The fourth-order valence-corrected chi connectivity index (χ4v) is 7.30. The predicted octanol–water partition coefficient (Wildman–Crippen LogP) is -0.209. The minimum atomic E-state index is -0.835. The van der Waals surface area contributed by atoms with Crippen LogP contribution in [0.25, 0.3) is 0 Å². The lowest BCUT2D eigenvalue weighted by Gasteiger charge is -2.27. The number of nitrogens with one attached hydrogen (secondary N) is 1. The maximum absolute atomic E-state index is 10.7. The van der Waals surface area contributed by atoms with Crippen LogP contribution < -0.4 is 16.8 Å². The zero-order chi connectivity index (χ0) is 36.0. The van der Waals surface area contributed by atoms with Crippen LogP contribution in [0.15, 0.2) is 0 Å². The highest BCUT2D eigenvalue weighted by molar-refractivity contribution is 7.99. The number of thioether (sulfide) groups is 4. The van der Waals surface area contributed by atoms with Crippen LogP contribution in [0.4, 0.5) is 0 Å². The Balaban J connectivity index is 4.09. The molecular formula is C32H70N4O9S4. The number of ether oxygens (including phenoxy) is 4. The summed E-state index contributed by atoms with van der Waals surface area (Å²) in [4.78, 5) is 2.07. The van der Waals surface area contributed by atoms with E-state index in [1.54, 1.807) is 23.5 Å². The van der Waals surface area contributed by atoms with E-state index in [1.165, 1.54) is 0 Å². The van der Waals surface area contributed by atoms with Gasteiger partial charge in [-0.1, -0.05) is 0 Å². The van der Waals surface area contributed by atoms with E-state index in [9.17, 15) is 20.4 Å². The molecule has 0 aromatic carbocycles. The third-order valence-electron chi connectivity index (χ3n) is 6.58. The monoisotopic (exact) mass is 782 g/mol. The number of aliphatic hydroxyl groups excluding tert-OH is 5. The zero-order valence-corrected chi connectivity index (χ0v) is 33.0. The van der Waals surface area contributed by atoms with Gasteiger partial charge >= 0.3 is 0 Å². The summed E-state index contributed by atoms with van der Waals surface area (Å²) < 4.78 is 22.3. The van der Waals surface area contributed by atoms with Gasteiger partial charge in [-0.25, -0.2) is 0 Å². The Kier molecular flexibility index (Phi) is 40.8. The molecule has 0 heterocycles. The topological polar surface area (TPSA) is 205 Å². The van der Waals surface area contributed by atoms with Crippen molar-refractivity contribution in [2.75, 3.05) is 151 Å². The lowest BCUT2D eigenvalue weighted by atomic mass is 10.3. The molecule has 0 bridgehead atoms. The molecule has 49 heavy (non-hydrogen) atoms. The molecule has 0 saturated heterocycles. The van der Waals surface area contributed by atoms with Crippen molar-refractivity contribution < 1.29 is 44.5 Å². The van der Waals surface area contributed by atoms with Gasteiger partial charge < -0.3 is 61.3 Å². The third kappa shape index (κ3) is 38.4. The van der Waals surface area contributed by atoms with Gasteiger partial charge in [0, 0.05) is 95.3 Å². The molecule has 0 aliphatic carbocycles. The molecule has 0 amide bonds. The number of aliphatic hydroxyl groups is 5. The van der Waals surface area contributed by atoms with Crippen LogP contribution in [0.5, 0.6) is 0 Å². The van der Waals surface area contributed by atoms with Gasteiger partial charge in [-0.05, 0) is 48.7 Å². The summed E-state index contributed by atoms with van der Waals surface area (Å²) in [5.41, 5.74) is 11.0. The molecule has 0 fully saturated rings. The van der Waals surface area contributed by atoms with E-state index in [0.29, 0.717) is 72.3 Å². The smallest absolute Gasteiger partial charge is 0.100 e. The number of nitrogens with zero attached hydrogens (tertiary/aromatic N) is 1. The zero-order valence-electron chi connectivity index (χ0n) is 29.7. The van der Waals surface area contributed by atoms with Crippen LogP contribution in [0.2, 0.25) is 0 Å². The fraction of sp³-hybridized carbons (Fsp3) is 1.00. The average molecular weight is 783 g/mol. The molecule has 0 aromatic rings. The largest absolute Gasteiger partial charge is 0.394 e. The Bertz CT molecular complexity index is 663. The minimum Gasteiger partial charge on any atom is -0.394 e. The summed E-state index contributed by atoms with van der Waals surface area (Å²) in [7, 11) is 0. The van der Waals surface area contributed by atoms with Crippen molar-refractivity contribution in [3.05, 3.63) is 0 Å². The van der Waals surface area contributed by atoms with Crippen molar-refractivity contribution in [1.82, 2.24) is 10.2 Å². The summed E-state index contributed by atoms with van der Waals surface area (Å²) in [5.74, 6) is 7.58. The molecule has 0 rings (SSSR count). The summed E-state index contributed by atoms with van der Waals surface area (Å²) in [5, 5.41) is 52.7. The van der Waals surface area contributed by atoms with Gasteiger partial charge in [0.25, 0.3) is 0 Å². The van der Waals surface area contributed by atoms with Crippen LogP contribution in [-0.2, 0) is 18.9 Å². The second-order valence-corrected chi connectivity index (χ2v) is 16.4. The van der Waals surface area contributed by atoms with E-state index in [-0.39, 0.29) is 26.4 Å². The van der Waals surface area contributed by atoms with Gasteiger partial charge in [-0.2, -0.15) is 47.0 Å². The number of hydrogen-bond donors (Lipinski definition) is 8. The fourth-order valence-electron chi connectivity index (χ4n) is 4.18. The molecule has 17 heteroatoms. The summed E-state index contributed by atoms with van der Waals surface area (Å²) in [6.07, 6.45) is 0.970. The van der Waals surface area contributed by atoms with E-state index in [1.807, 2.05) is 23.5 Å². The first-order valence-electron chi connectivity index (χ1n) is 17.7. The average Bonchev–Trinajstić information content (AvgIpc) is 3.09.